The summed E-state index contributed by atoms with van der Waals surface area (Å²) in [6.45, 7) is 0. The quantitative estimate of drug-likeness (QED) is 0.243. The van der Waals surface area contributed by atoms with Crippen molar-refractivity contribution in [3.8, 4) is 22.3 Å². The van der Waals surface area contributed by atoms with Crippen molar-refractivity contribution in [2.75, 3.05) is 0 Å². The Morgan fingerprint density at radius 3 is 2.54 bits per heavy atom. The summed E-state index contributed by atoms with van der Waals surface area (Å²) in [5, 5.41) is 3.57. The summed E-state index contributed by atoms with van der Waals surface area (Å²) >= 11 is 0. The first-order valence-corrected chi connectivity index (χ1v) is 12.0. The van der Waals surface area contributed by atoms with Gasteiger partial charge in [0.2, 0.25) is 0 Å². The second-order valence-corrected chi connectivity index (χ2v) is 9.67. The molecule has 0 amide bonds. The molecule has 4 nitrogen and oxygen atoms in total. The van der Waals surface area contributed by atoms with Crippen molar-refractivity contribution in [3.05, 3.63) is 108 Å². The second kappa shape index (κ2) is 6.10. The van der Waals surface area contributed by atoms with Crippen LogP contribution in [0.1, 0.15) is 22.3 Å². The van der Waals surface area contributed by atoms with E-state index >= 15 is 0 Å². The first-order chi connectivity index (χ1) is 17.4. The van der Waals surface area contributed by atoms with E-state index in [0.29, 0.717) is 0 Å². The average molecular weight is 447 g/mol. The molecule has 0 N–H and O–H groups in total. The Morgan fingerprint density at radius 2 is 1.54 bits per heavy atom. The lowest BCUT2D eigenvalue weighted by atomic mass is 9.93. The fraction of sp³-hybridized carbons (Fsp3) is 0.0645. The third-order valence-corrected chi connectivity index (χ3v) is 7.96. The zero-order chi connectivity index (χ0) is 22.7. The number of aromatic nitrogens is 4. The minimum Gasteiger partial charge on any atom is -0.274 e. The number of hydrogen-bond acceptors (Lipinski definition) is 3. The molecule has 4 aromatic heterocycles. The summed E-state index contributed by atoms with van der Waals surface area (Å²) in [7, 11) is 0. The fourth-order valence-electron chi connectivity index (χ4n) is 6.57. The molecule has 0 saturated carbocycles. The molecule has 4 heteroatoms. The van der Waals surface area contributed by atoms with Gasteiger partial charge < -0.3 is 0 Å². The molecular weight excluding hydrogens is 428 g/mol. The third kappa shape index (κ3) is 2.11. The molecule has 2 aliphatic rings. The number of fused-ring (bicyclic) bond motifs is 16. The van der Waals surface area contributed by atoms with Crippen LogP contribution in [0.2, 0.25) is 0 Å². The van der Waals surface area contributed by atoms with Crippen LogP contribution in [0.15, 0.2) is 85.3 Å². The minimum atomic E-state index is 0.929. The smallest absolute Gasteiger partial charge is 0.147 e. The Bertz CT molecular complexity index is 2070. The highest BCUT2D eigenvalue weighted by atomic mass is 15.1. The van der Waals surface area contributed by atoms with Gasteiger partial charge in [0.15, 0.2) is 0 Å². The van der Waals surface area contributed by atoms with Crippen LogP contribution >= 0.6 is 0 Å². The van der Waals surface area contributed by atoms with Gasteiger partial charge in [0.25, 0.3) is 0 Å². The molecule has 9 rings (SSSR count). The van der Waals surface area contributed by atoms with Crippen molar-refractivity contribution in [1.29, 1.82) is 0 Å². The van der Waals surface area contributed by atoms with Gasteiger partial charge in [0.1, 0.15) is 11.3 Å². The van der Waals surface area contributed by atoms with E-state index in [1.807, 2.05) is 24.5 Å². The van der Waals surface area contributed by atoms with Crippen LogP contribution in [0.3, 0.4) is 0 Å². The molecule has 0 aliphatic heterocycles. The molecule has 7 aromatic rings. The Morgan fingerprint density at radius 1 is 0.657 bits per heavy atom. The molecule has 35 heavy (non-hydrogen) atoms. The Balaban J connectivity index is 1.47. The first-order valence-electron chi connectivity index (χ1n) is 12.0. The van der Waals surface area contributed by atoms with E-state index in [1.54, 1.807) is 6.20 Å². The van der Waals surface area contributed by atoms with Gasteiger partial charge in [-0.1, -0.05) is 48.5 Å². The van der Waals surface area contributed by atoms with Crippen LogP contribution < -0.4 is 0 Å². The monoisotopic (exact) mass is 446 g/mol. The lowest BCUT2D eigenvalue weighted by Gasteiger charge is -2.13. The van der Waals surface area contributed by atoms with E-state index in [-0.39, 0.29) is 0 Å². The topological polar surface area (TPSA) is 43.1 Å². The molecule has 0 fully saturated rings. The molecule has 0 bridgehead atoms. The van der Waals surface area contributed by atoms with Crippen LogP contribution in [0, 0.1) is 0 Å². The number of nitrogens with zero attached hydrogens (tertiary/aromatic N) is 4. The molecule has 3 aromatic carbocycles. The number of benzene rings is 3. The van der Waals surface area contributed by atoms with Gasteiger partial charge in [-0.05, 0) is 75.5 Å². The molecule has 0 saturated heterocycles. The summed E-state index contributed by atoms with van der Waals surface area (Å²) < 4.78 is 2.17. The highest BCUT2D eigenvalue weighted by Gasteiger charge is 2.30. The van der Waals surface area contributed by atoms with Crippen LogP contribution in [-0.2, 0) is 12.8 Å². The Kier molecular flexibility index (Phi) is 3.11. The van der Waals surface area contributed by atoms with Crippen LogP contribution in [0.5, 0.6) is 0 Å². The van der Waals surface area contributed by atoms with E-state index in [9.17, 15) is 0 Å². The van der Waals surface area contributed by atoms with Crippen molar-refractivity contribution in [3.63, 3.8) is 0 Å². The van der Waals surface area contributed by atoms with Gasteiger partial charge in [-0.15, -0.1) is 0 Å². The van der Waals surface area contributed by atoms with Crippen LogP contribution in [-0.4, -0.2) is 19.4 Å². The molecule has 0 radical (unpaired) electrons. The largest absolute Gasteiger partial charge is 0.274 e. The maximum absolute atomic E-state index is 5.05. The number of rotatable bonds is 0. The third-order valence-electron chi connectivity index (χ3n) is 7.96. The lowest BCUT2D eigenvalue weighted by molar-refractivity contribution is 1.22. The number of pyridine rings is 3. The summed E-state index contributed by atoms with van der Waals surface area (Å²) in [5.41, 5.74) is 15.1. The normalized spacial score (nSPS) is 13.5. The molecule has 4 heterocycles. The Hall–Kier alpha value is -4.57. The molecule has 0 atom stereocenters. The van der Waals surface area contributed by atoms with Crippen molar-refractivity contribution >= 4 is 38.5 Å². The van der Waals surface area contributed by atoms with Gasteiger partial charge in [-0.3, -0.25) is 9.38 Å². The Labute approximate surface area is 200 Å². The lowest BCUT2D eigenvalue weighted by Crippen LogP contribution is -1.95. The van der Waals surface area contributed by atoms with E-state index in [4.69, 9.17) is 9.97 Å². The van der Waals surface area contributed by atoms with E-state index in [1.165, 1.54) is 49.9 Å². The van der Waals surface area contributed by atoms with E-state index < -0.39 is 0 Å². The SMILES string of the molecule is c1ccc2c(c1)Cc1ccc3c(c1-2)Cc1ccc2c(c1-3)c1cccnc1n1c3cnccc3nc21. The van der Waals surface area contributed by atoms with Gasteiger partial charge in [0, 0.05) is 28.6 Å². The summed E-state index contributed by atoms with van der Waals surface area (Å²) in [4.78, 5) is 14.3. The summed E-state index contributed by atoms with van der Waals surface area (Å²) in [5.74, 6) is 0. The zero-order valence-corrected chi connectivity index (χ0v) is 18.8. The highest BCUT2D eigenvalue weighted by Crippen LogP contribution is 2.50. The van der Waals surface area contributed by atoms with E-state index in [2.05, 4.69) is 64.0 Å². The van der Waals surface area contributed by atoms with Gasteiger partial charge in [-0.25, -0.2) is 9.97 Å². The molecule has 0 unspecified atom stereocenters. The van der Waals surface area contributed by atoms with Gasteiger partial charge in [-0.2, -0.15) is 0 Å². The number of hydrogen-bond donors (Lipinski definition) is 0. The van der Waals surface area contributed by atoms with Crippen molar-refractivity contribution in [2.45, 2.75) is 12.8 Å². The maximum atomic E-state index is 5.05. The van der Waals surface area contributed by atoms with E-state index in [0.717, 1.165) is 45.9 Å². The second-order valence-electron chi connectivity index (χ2n) is 9.67. The summed E-state index contributed by atoms with van der Waals surface area (Å²) in [6, 6.07) is 24.4. The van der Waals surface area contributed by atoms with Crippen molar-refractivity contribution < 1.29 is 0 Å². The maximum Gasteiger partial charge on any atom is 0.147 e. The van der Waals surface area contributed by atoms with Gasteiger partial charge >= 0.3 is 0 Å². The van der Waals surface area contributed by atoms with Crippen LogP contribution in [0.4, 0.5) is 0 Å². The van der Waals surface area contributed by atoms with Gasteiger partial charge in [0.05, 0.1) is 17.2 Å². The predicted octanol–water partition coefficient (Wildman–Crippen LogP) is 6.73. The zero-order valence-electron chi connectivity index (χ0n) is 18.8. The highest BCUT2D eigenvalue weighted by molar-refractivity contribution is 6.20. The summed E-state index contributed by atoms with van der Waals surface area (Å²) in [6.07, 6.45) is 7.55. The predicted molar refractivity (Wildman–Crippen MR) is 140 cm³/mol. The first kappa shape index (κ1) is 17.8. The molecule has 162 valence electrons. The molecule has 2 aliphatic carbocycles. The minimum absolute atomic E-state index is 0.929. The van der Waals surface area contributed by atoms with Crippen LogP contribution in [0.25, 0.3) is 60.7 Å². The van der Waals surface area contributed by atoms with Crippen molar-refractivity contribution in [1.82, 2.24) is 19.4 Å². The molecule has 0 spiro atoms. The van der Waals surface area contributed by atoms with Crippen molar-refractivity contribution in [2.24, 2.45) is 0 Å². The number of imidazole rings is 1. The molecular formula is C31H18N4. The average Bonchev–Trinajstić information content (AvgIpc) is 3.59. The fourth-order valence-corrected chi connectivity index (χ4v) is 6.57. The standard InChI is InChI=1S/C31H18N4/c1-2-5-20-17(4-1)14-18-7-9-21-24(27(18)20)15-19-8-10-23-29(28(19)21)22-6-3-12-33-30(22)35-26-16-32-13-11-25(26)34-31(23)35/h1-13,16H,14-15H2.